The summed E-state index contributed by atoms with van der Waals surface area (Å²) in [6.07, 6.45) is -0.703. The summed E-state index contributed by atoms with van der Waals surface area (Å²) in [7, 11) is 1.60. The van der Waals surface area contributed by atoms with Crippen LogP contribution in [0.15, 0.2) is 53.0 Å². The fourth-order valence-corrected chi connectivity index (χ4v) is 2.73. The zero-order valence-electron chi connectivity index (χ0n) is 11.3. The highest BCUT2D eigenvalue weighted by atomic mass is 79.9. The molecule has 2 atom stereocenters. The molecule has 0 saturated carbocycles. The Morgan fingerprint density at radius 2 is 1.95 bits per heavy atom. The first kappa shape index (κ1) is 15.0. The molecule has 0 aliphatic rings. The molecule has 0 radical (unpaired) electrons. The Labute approximate surface area is 127 Å². The highest BCUT2D eigenvalue weighted by molar-refractivity contribution is 9.10. The number of halogens is 1. The van der Waals surface area contributed by atoms with E-state index in [0.717, 1.165) is 15.6 Å². The average Bonchev–Trinajstić information content (AvgIpc) is 2.48. The van der Waals surface area contributed by atoms with E-state index in [1.807, 2.05) is 48.5 Å². The molecule has 0 spiro atoms. The lowest BCUT2D eigenvalue weighted by molar-refractivity contribution is 0.144. The van der Waals surface area contributed by atoms with Crippen LogP contribution in [0.1, 0.15) is 23.1 Å². The molecule has 4 heteroatoms. The van der Waals surface area contributed by atoms with Crippen molar-refractivity contribution >= 4 is 15.9 Å². The zero-order chi connectivity index (χ0) is 14.5. The van der Waals surface area contributed by atoms with Gasteiger partial charge in [0.15, 0.2) is 0 Å². The average molecular weight is 336 g/mol. The van der Waals surface area contributed by atoms with Gasteiger partial charge < -0.3 is 15.6 Å². The second-order valence-electron chi connectivity index (χ2n) is 4.58. The van der Waals surface area contributed by atoms with Gasteiger partial charge in [-0.15, -0.1) is 0 Å². The van der Waals surface area contributed by atoms with Gasteiger partial charge in [0.05, 0.1) is 13.2 Å². The molecule has 106 valence electrons. The van der Waals surface area contributed by atoms with Crippen LogP contribution < -0.4 is 10.5 Å². The molecule has 2 rings (SSSR count). The van der Waals surface area contributed by atoms with Crippen LogP contribution in [0.4, 0.5) is 0 Å². The Bertz CT molecular complexity index is 574. The van der Waals surface area contributed by atoms with Crippen molar-refractivity contribution in [3.8, 4) is 5.75 Å². The fraction of sp³-hybridized carbons (Fsp3) is 0.250. The Kier molecular flexibility index (Phi) is 5.17. The third-order valence-corrected chi connectivity index (χ3v) is 3.86. The Morgan fingerprint density at radius 1 is 1.20 bits per heavy atom. The summed E-state index contributed by atoms with van der Waals surface area (Å²) in [6.45, 7) is 0.357. The van der Waals surface area contributed by atoms with Crippen LogP contribution in [-0.2, 0) is 0 Å². The van der Waals surface area contributed by atoms with E-state index in [0.29, 0.717) is 12.3 Å². The normalized spacial score (nSPS) is 13.8. The van der Waals surface area contributed by atoms with Crippen molar-refractivity contribution in [3.63, 3.8) is 0 Å². The van der Waals surface area contributed by atoms with E-state index >= 15 is 0 Å². The number of aliphatic hydroxyl groups excluding tert-OH is 1. The molecule has 0 heterocycles. The third-order valence-electron chi connectivity index (χ3n) is 3.37. The summed E-state index contributed by atoms with van der Waals surface area (Å²) in [5, 5.41) is 10.7. The van der Waals surface area contributed by atoms with Gasteiger partial charge in [-0.05, 0) is 23.8 Å². The fourth-order valence-electron chi connectivity index (χ4n) is 2.31. The molecule has 0 fully saturated rings. The quantitative estimate of drug-likeness (QED) is 0.881. The van der Waals surface area contributed by atoms with Crippen LogP contribution in [0.3, 0.4) is 0 Å². The van der Waals surface area contributed by atoms with Crippen LogP contribution in [0.2, 0.25) is 0 Å². The highest BCUT2D eigenvalue weighted by Gasteiger charge is 2.24. The smallest absolute Gasteiger partial charge is 0.124 e. The van der Waals surface area contributed by atoms with Gasteiger partial charge in [-0.1, -0.05) is 46.3 Å². The van der Waals surface area contributed by atoms with E-state index in [2.05, 4.69) is 15.9 Å². The molecule has 3 nitrogen and oxygen atoms in total. The number of hydrogen-bond donors (Lipinski definition) is 2. The van der Waals surface area contributed by atoms with Crippen LogP contribution >= 0.6 is 15.9 Å². The predicted octanol–water partition coefficient (Wildman–Crippen LogP) is 3.23. The second-order valence-corrected chi connectivity index (χ2v) is 5.50. The molecule has 0 amide bonds. The van der Waals surface area contributed by atoms with Gasteiger partial charge in [0.25, 0.3) is 0 Å². The minimum atomic E-state index is -0.703. The van der Waals surface area contributed by atoms with Gasteiger partial charge in [0, 0.05) is 22.5 Å². The van der Waals surface area contributed by atoms with Crippen molar-refractivity contribution < 1.29 is 9.84 Å². The summed E-state index contributed by atoms with van der Waals surface area (Å²) in [6, 6.07) is 15.3. The Hall–Kier alpha value is -1.36. The van der Waals surface area contributed by atoms with Crippen molar-refractivity contribution in [2.45, 2.75) is 12.0 Å². The minimum Gasteiger partial charge on any atom is -0.496 e. The van der Waals surface area contributed by atoms with Crippen molar-refractivity contribution in [2.75, 3.05) is 13.7 Å². The molecule has 20 heavy (non-hydrogen) atoms. The number of hydrogen-bond acceptors (Lipinski definition) is 3. The van der Waals surface area contributed by atoms with E-state index in [1.165, 1.54) is 0 Å². The summed E-state index contributed by atoms with van der Waals surface area (Å²) >= 11 is 3.45. The Balaban J connectivity index is 2.36. The third kappa shape index (κ3) is 3.20. The largest absolute Gasteiger partial charge is 0.496 e. The predicted molar refractivity (Wildman–Crippen MR) is 83.9 cm³/mol. The van der Waals surface area contributed by atoms with E-state index < -0.39 is 6.10 Å². The first-order valence-corrected chi connectivity index (χ1v) is 7.23. The van der Waals surface area contributed by atoms with Crippen LogP contribution in [0, 0.1) is 0 Å². The van der Waals surface area contributed by atoms with E-state index in [9.17, 15) is 5.11 Å². The highest BCUT2D eigenvalue weighted by Crippen LogP contribution is 2.35. The number of nitrogens with two attached hydrogens (primary N) is 1. The van der Waals surface area contributed by atoms with Gasteiger partial charge in [-0.3, -0.25) is 0 Å². The maximum atomic E-state index is 10.7. The Morgan fingerprint density at radius 3 is 2.60 bits per heavy atom. The monoisotopic (exact) mass is 335 g/mol. The SMILES string of the molecule is COc1ccccc1C(O)C(CN)c1cccc(Br)c1. The molecule has 2 aromatic rings. The lowest BCUT2D eigenvalue weighted by Gasteiger charge is -2.24. The molecule has 2 unspecified atom stereocenters. The molecule has 0 saturated heterocycles. The van der Waals surface area contributed by atoms with Gasteiger partial charge in [0.2, 0.25) is 0 Å². The summed E-state index contributed by atoms with van der Waals surface area (Å²) in [5.41, 5.74) is 7.62. The number of aliphatic hydroxyl groups is 1. The van der Waals surface area contributed by atoms with Gasteiger partial charge in [0.1, 0.15) is 5.75 Å². The lowest BCUT2D eigenvalue weighted by Crippen LogP contribution is -2.20. The maximum Gasteiger partial charge on any atom is 0.124 e. The maximum absolute atomic E-state index is 10.7. The number of methoxy groups -OCH3 is 1. The molecule has 2 aromatic carbocycles. The molecule has 0 aromatic heterocycles. The standard InChI is InChI=1S/C16H18BrNO2/c1-20-15-8-3-2-7-13(15)16(19)14(10-18)11-5-4-6-12(17)9-11/h2-9,14,16,19H,10,18H2,1H3. The molecule has 3 N–H and O–H groups in total. The number of ether oxygens (including phenoxy) is 1. The van der Waals surface area contributed by atoms with Gasteiger partial charge >= 0.3 is 0 Å². The molecule has 0 aliphatic heterocycles. The van der Waals surface area contributed by atoms with Gasteiger partial charge in [-0.2, -0.15) is 0 Å². The number of rotatable bonds is 5. The molecule has 0 aliphatic carbocycles. The first-order valence-electron chi connectivity index (χ1n) is 6.44. The van der Waals surface area contributed by atoms with Crippen molar-refractivity contribution in [1.29, 1.82) is 0 Å². The van der Waals surface area contributed by atoms with Crippen LogP contribution in [0.5, 0.6) is 5.75 Å². The minimum absolute atomic E-state index is 0.177. The lowest BCUT2D eigenvalue weighted by atomic mass is 9.89. The first-order chi connectivity index (χ1) is 9.67. The van der Waals surface area contributed by atoms with Crippen molar-refractivity contribution in [1.82, 2.24) is 0 Å². The zero-order valence-corrected chi connectivity index (χ0v) is 12.9. The van der Waals surface area contributed by atoms with E-state index in [4.69, 9.17) is 10.5 Å². The molecular formula is C16H18BrNO2. The summed E-state index contributed by atoms with van der Waals surface area (Å²) < 4.78 is 6.28. The van der Waals surface area contributed by atoms with Crippen LogP contribution in [0.25, 0.3) is 0 Å². The molecular weight excluding hydrogens is 318 g/mol. The van der Waals surface area contributed by atoms with Crippen molar-refractivity contribution in [3.05, 3.63) is 64.1 Å². The second kappa shape index (κ2) is 6.88. The molecule has 0 bridgehead atoms. The summed E-state index contributed by atoms with van der Waals surface area (Å²) in [4.78, 5) is 0. The van der Waals surface area contributed by atoms with Crippen molar-refractivity contribution in [2.24, 2.45) is 5.73 Å². The number of para-hydroxylation sites is 1. The van der Waals surface area contributed by atoms with E-state index in [1.54, 1.807) is 7.11 Å². The van der Waals surface area contributed by atoms with Gasteiger partial charge in [-0.25, -0.2) is 0 Å². The van der Waals surface area contributed by atoms with E-state index in [-0.39, 0.29) is 5.92 Å². The topological polar surface area (TPSA) is 55.5 Å². The van der Waals surface area contributed by atoms with Crippen LogP contribution in [-0.4, -0.2) is 18.8 Å². The summed E-state index contributed by atoms with van der Waals surface area (Å²) in [5.74, 6) is 0.497. The number of benzene rings is 2.